The van der Waals surface area contributed by atoms with Gasteiger partial charge in [0.2, 0.25) is 0 Å². The Morgan fingerprint density at radius 2 is 1.80 bits per heavy atom. The fourth-order valence-electron chi connectivity index (χ4n) is 3.44. The van der Waals surface area contributed by atoms with Crippen LogP contribution in [-0.2, 0) is 22.4 Å². The number of unbranched alkanes of at least 4 members (excludes halogenated alkanes) is 2. The zero-order chi connectivity index (χ0) is 25.5. The van der Waals surface area contributed by atoms with Crippen LogP contribution in [0.4, 0.5) is 13.2 Å². The predicted molar refractivity (Wildman–Crippen MR) is 132 cm³/mol. The molecule has 35 heavy (non-hydrogen) atoms. The van der Waals surface area contributed by atoms with Gasteiger partial charge in [0.05, 0.1) is 30.9 Å². The van der Waals surface area contributed by atoms with Crippen molar-refractivity contribution in [3.8, 4) is 5.75 Å². The number of nitrogens with one attached hydrogen (secondary N) is 1. The molecule has 3 rings (SSSR count). The van der Waals surface area contributed by atoms with Crippen LogP contribution in [-0.4, -0.2) is 35.5 Å². The van der Waals surface area contributed by atoms with E-state index in [0.717, 1.165) is 24.5 Å². The molecule has 4 N–H and O–H groups in total. The summed E-state index contributed by atoms with van der Waals surface area (Å²) in [5.41, 5.74) is 8.45. The van der Waals surface area contributed by atoms with E-state index in [-0.39, 0.29) is 19.0 Å². The van der Waals surface area contributed by atoms with Crippen molar-refractivity contribution in [1.29, 1.82) is 0 Å². The number of nitrogens with zero attached hydrogens (tertiary/aromatic N) is 1. The maximum atomic E-state index is 13.8. The Balaban J connectivity index is 1.52. The van der Waals surface area contributed by atoms with Crippen LogP contribution < -0.4 is 15.9 Å². The van der Waals surface area contributed by atoms with Gasteiger partial charge >= 0.3 is 6.18 Å². The van der Waals surface area contributed by atoms with Gasteiger partial charge in [-0.3, -0.25) is 5.43 Å². The van der Waals surface area contributed by atoms with E-state index < -0.39 is 22.1 Å². The number of nitrogens with two attached hydrogens (primary N) is 1. The second-order valence-electron chi connectivity index (χ2n) is 8.90. The van der Waals surface area contributed by atoms with Gasteiger partial charge in [0, 0.05) is 6.61 Å². The topological polar surface area (TPSA) is 89.1 Å². The van der Waals surface area contributed by atoms with Gasteiger partial charge < -0.3 is 20.3 Å². The molecule has 6 nitrogen and oxygen atoms in total. The smallest absolute Gasteiger partial charge is 0.419 e. The average molecular weight is 512 g/mol. The first-order valence-corrected chi connectivity index (χ1v) is 12.3. The zero-order valence-electron chi connectivity index (χ0n) is 19.9. The molecule has 2 atom stereocenters. The fraction of sp³-hybridized carbons (Fsp3) is 0.480. The summed E-state index contributed by atoms with van der Waals surface area (Å²) in [4.78, 5) is -0.955. The van der Waals surface area contributed by atoms with Gasteiger partial charge in [-0.2, -0.15) is 18.3 Å². The number of ether oxygens (including phenoxy) is 2. The Morgan fingerprint density at radius 1 is 1.09 bits per heavy atom. The molecule has 0 bridgehead atoms. The molecule has 0 saturated heterocycles. The third kappa shape index (κ3) is 7.36. The minimum Gasteiger partial charge on any atom is -0.493 e. The average Bonchev–Trinajstić information content (AvgIpc) is 3.25. The first-order chi connectivity index (χ1) is 16.5. The van der Waals surface area contributed by atoms with Crippen LogP contribution in [0.1, 0.15) is 49.8 Å². The molecule has 1 aliphatic rings. The summed E-state index contributed by atoms with van der Waals surface area (Å²) in [6, 6.07) is 13.9. The standard InChI is InChI=1S/C25H32F3N3O3S/c1-23(29,17-32)22-30-31-24(2,35-22)19-11-12-21(20(15-19)25(26,27)28)34-14-8-4-7-13-33-16-18-9-5-3-6-10-18/h3,5-6,9-12,15,31-32H,4,7-8,13-14,16-17,29H2,1-2H3/t23-,24?/m0/s1. The van der Waals surface area contributed by atoms with Gasteiger partial charge in [0.25, 0.3) is 0 Å². The van der Waals surface area contributed by atoms with Gasteiger partial charge in [-0.25, -0.2) is 0 Å². The van der Waals surface area contributed by atoms with E-state index in [1.807, 2.05) is 30.3 Å². The number of hydrazone groups is 1. The quantitative estimate of drug-likeness (QED) is 0.348. The molecule has 1 aliphatic heterocycles. The van der Waals surface area contributed by atoms with Gasteiger partial charge in [-0.15, -0.1) is 0 Å². The lowest BCUT2D eigenvalue weighted by molar-refractivity contribution is -0.139. The van der Waals surface area contributed by atoms with Crippen molar-refractivity contribution in [3.63, 3.8) is 0 Å². The zero-order valence-corrected chi connectivity index (χ0v) is 20.7. The number of hydrogen-bond donors (Lipinski definition) is 3. The summed E-state index contributed by atoms with van der Waals surface area (Å²) < 4.78 is 52.6. The summed E-state index contributed by atoms with van der Waals surface area (Å²) in [5.74, 6) is -0.201. The van der Waals surface area contributed by atoms with Crippen LogP contribution in [0.25, 0.3) is 0 Å². The Labute approximate surface area is 208 Å². The molecule has 0 spiro atoms. The normalized spacial score (nSPS) is 19.7. The van der Waals surface area contributed by atoms with E-state index in [9.17, 15) is 18.3 Å². The molecule has 0 amide bonds. The number of aliphatic hydroxyl groups is 1. The van der Waals surface area contributed by atoms with E-state index in [0.29, 0.717) is 30.2 Å². The molecule has 0 aromatic heterocycles. The van der Waals surface area contributed by atoms with Gasteiger partial charge in [0.1, 0.15) is 15.7 Å². The molecule has 1 unspecified atom stereocenters. The van der Waals surface area contributed by atoms with Gasteiger partial charge in [0.15, 0.2) is 0 Å². The summed E-state index contributed by atoms with van der Waals surface area (Å²) in [6.45, 7) is 4.30. The predicted octanol–water partition coefficient (Wildman–Crippen LogP) is 5.00. The Morgan fingerprint density at radius 3 is 2.49 bits per heavy atom. The minimum absolute atomic E-state index is 0.181. The van der Waals surface area contributed by atoms with Crippen LogP contribution in [0.2, 0.25) is 0 Å². The fourth-order valence-corrected chi connectivity index (χ4v) is 4.55. The molecule has 2 aromatic rings. The van der Waals surface area contributed by atoms with Crippen LogP contribution in [0.3, 0.4) is 0 Å². The van der Waals surface area contributed by atoms with E-state index >= 15 is 0 Å². The molecule has 0 aliphatic carbocycles. The Bertz CT molecular complexity index is 1000. The van der Waals surface area contributed by atoms with Crippen LogP contribution in [0.5, 0.6) is 5.75 Å². The minimum atomic E-state index is -4.58. The molecule has 192 valence electrons. The monoisotopic (exact) mass is 511 g/mol. The second-order valence-corrected chi connectivity index (χ2v) is 10.3. The highest BCUT2D eigenvalue weighted by atomic mass is 32.2. The van der Waals surface area contributed by atoms with E-state index in [1.54, 1.807) is 19.9 Å². The van der Waals surface area contributed by atoms with Crippen molar-refractivity contribution in [2.24, 2.45) is 10.8 Å². The van der Waals surface area contributed by atoms with Crippen LogP contribution in [0.15, 0.2) is 53.6 Å². The van der Waals surface area contributed by atoms with Crippen molar-refractivity contribution in [2.75, 3.05) is 19.8 Å². The molecule has 1 heterocycles. The lowest BCUT2D eigenvalue weighted by Gasteiger charge is -2.27. The highest BCUT2D eigenvalue weighted by molar-refractivity contribution is 8.15. The number of halogens is 3. The number of thioether (sulfide) groups is 1. The largest absolute Gasteiger partial charge is 0.493 e. The van der Waals surface area contributed by atoms with E-state index in [2.05, 4.69) is 10.5 Å². The van der Waals surface area contributed by atoms with Gasteiger partial charge in [-0.1, -0.05) is 48.2 Å². The molecular weight excluding hydrogens is 479 g/mol. The highest BCUT2D eigenvalue weighted by Gasteiger charge is 2.42. The Kier molecular flexibility index (Phi) is 9.09. The summed E-state index contributed by atoms with van der Waals surface area (Å²) in [5, 5.41) is 14.0. The van der Waals surface area contributed by atoms with Crippen LogP contribution >= 0.6 is 11.8 Å². The number of rotatable bonds is 12. The Hall–Kier alpha value is -2.27. The number of aliphatic hydroxyl groups excluding tert-OH is 1. The molecule has 10 heteroatoms. The summed E-state index contributed by atoms with van der Waals surface area (Å²) in [6.07, 6.45) is -2.36. The van der Waals surface area contributed by atoms with Crippen molar-refractivity contribution < 1.29 is 27.8 Å². The maximum Gasteiger partial charge on any atom is 0.419 e. The van der Waals surface area contributed by atoms with Crippen molar-refractivity contribution in [2.45, 2.75) is 56.3 Å². The van der Waals surface area contributed by atoms with Gasteiger partial charge in [-0.05, 0) is 56.4 Å². The molecule has 0 fully saturated rings. The third-order valence-corrected chi connectivity index (χ3v) is 7.11. The maximum absolute atomic E-state index is 13.8. The lowest BCUT2D eigenvalue weighted by atomic mass is 10.0. The summed E-state index contributed by atoms with van der Waals surface area (Å²) >= 11 is 1.19. The molecular formula is C25H32F3N3O3S. The number of hydrogen-bond acceptors (Lipinski definition) is 7. The van der Waals surface area contributed by atoms with Crippen molar-refractivity contribution in [3.05, 3.63) is 65.2 Å². The second kappa shape index (κ2) is 11.6. The third-order valence-electron chi connectivity index (χ3n) is 5.63. The SMILES string of the molecule is CC1(c2ccc(OCCCCCOCc3ccccc3)c(C(F)(F)F)c2)NN=C([C@@](C)(N)CO)S1. The van der Waals surface area contributed by atoms with Crippen LogP contribution in [0, 0.1) is 0 Å². The first-order valence-electron chi connectivity index (χ1n) is 11.5. The molecule has 0 radical (unpaired) electrons. The van der Waals surface area contributed by atoms with Crippen molar-refractivity contribution >= 4 is 16.8 Å². The van der Waals surface area contributed by atoms with E-state index in [1.165, 1.54) is 17.8 Å². The summed E-state index contributed by atoms with van der Waals surface area (Å²) in [7, 11) is 0. The van der Waals surface area contributed by atoms with Crippen molar-refractivity contribution in [1.82, 2.24) is 5.43 Å². The van der Waals surface area contributed by atoms with E-state index in [4.69, 9.17) is 15.2 Å². The first kappa shape index (κ1) is 27.3. The number of alkyl halides is 3. The highest BCUT2D eigenvalue weighted by Crippen LogP contribution is 2.44. The number of benzene rings is 2. The molecule has 2 aromatic carbocycles. The lowest BCUT2D eigenvalue weighted by Crippen LogP contribution is -2.46. The molecule has 0 saturated carbocycles.